The van der Waals surface area contributed by atoms with Crippen LogP contribution in [-0.4, -0.2) is 37.2 Å². The first-order chi connectivity index (χ1) is 8.86. The molecule has 0 amide bonds. The highest BCUT2D eigenvalue weighted by atomic mass is 16.5. The Morgan fingerprint density at radius 3 is 2.39 bits per heavy atom. The molecule has 1 aliphatic rings. The SMILES string of the molecule is CCCCCC(CCC)OCCN1CCCCC1. The van der Waals surface area contributed by atoms with Crippen LogP contribution in [0, 0.1) is 0 Å². The number of piperidine rings is 1. The molecular weight excluding hydrogens is 222 g/mol. The number of hydrogen-bond donors (Lipinski definition) is 0. The third-order valence-corrected chi connectivity index (χ3v) is 3.95. The molecule has 0 aromatic heterocycles. The second kappa shape index (κ2) is 10.8. The molecule has 0 saturated carbocycles. The number of hydrogen-bond acceptors (Lipinski definition) is 2. The van der Waals surface area contributed by atoms with Crippen molar-refractivity contribution in [2.24, 2.45) is 0 Å². The van der Waals surface area contributed by atoms with Crippen molar-refractivity contribution in [2.75, 3.05) is 26.2 Å². The summed E-state index contributed by atoms with van der Waals surface area (Å²) >= 11 is 0. The van der Waals surface area contributed by atoms with Gasteiger partial charge in [0.15, 0.2) is 0 Å². The second-order valence-corrected chi connectivity index (χ2v) is 5.68. The van der Waals surface area contributed by atoms with Crippen molar-refractivity contribution < 1.29 is 4.74 Å². The molecule has 0 bridgehead atoms. The molecule has 1 fully saturated rings. The summed E-state index contributed by atoms with van der Waals surface area (Å²) in [7, 11) is 0. The summed E-state index contributed by atoms with van der Waals surface area (Å²) in [6, 6.07) is 0. The fourth-order valence-electron chi connectivity index (χ4n) is 2.79. The molecule has 1 unspecified atom stereocenters. The molecule has 2 heteroatoms. The molecule has 1 saturated heterocycles. The van der Waals surface area contributed by atoms with Gasteiger partial charge in [0.05, 0.1) is 12.7 Å². The predicted octanol–water partition coefficient (Wildman–Crippen LogP) is 4.24. The summed E-state index contributed by atoms with van der Waals surface area (Å²) in [6.45, 7) is 9.20. The van der Waals surface area contributed by atoms with Crippen molar-refractivity contribution >= 4 is 0 Å². The molecule has 0 aliphatic carbocycles. The molecule has 0 aromatic rings. The fraction of sp³-hybridized carbons (Fsp3) is 1.00. The van der Waals surface area contributed by atoms with E-state index in [2.05, 4.69) is 18.7 Å². The lowest BCUT2D eigenvalue weighted by atomic mass is 10.1. The largest absolute Gasteiger partial charge is 0.377 e. The van der Waals surface area contributed by atoms with Gasteiger partial charge in [-0.2, -0.15) is 0 Å². The average molecular weight is 255 g/mol. The summed E-state index contributed by atoms with van der Waals surface area (Å²) in [5.74, 6) is 0. The second-order valence-electron chi connectivity index (χ2n) is 5.68. The number of unbranched alkanes of at least 4 members (excludes halogenated alkanes) is 2. The van der Waals surface area contributed by atoms with Crippen LogP contribution in [0.1, 0.15) is 71.6 Å². The average Bonchev–Trinajstić information content (AvgIpc) is 2.40. The lowest BCUT2D eigenvalue weighted by Crippen LogP contribution is -2.33. The Morgan fingerprint density at radius 1 is 0.944 bits per heavy atom. The van der Waals surface area contributed by atoms with Gasteiger partial charge >= 0.3 is 0 Å². The van der Waals surface area contributed by atoms with Gasteiger partial charge in [-0.25, -0.2) is 0 Å². The smallest absolute Gasteiger partial charge is 0.0597 e. The van der Waals surface area contributed by atoms with Crippen molar-refractivity contribution in [2.45, 2.75) is 77.7 Å². The zero-order chi connectivity index (χ0) is 13.1. The Labute approximate surface area is 114 Å². The molecule has 0 spiro atoms. The molecular formula is C16H33NO. The van der Waals surface area contributed by atoms with Gasteiger partial charge in [0, 0.05) is 6.54 Å². The molecule has 0 N–H and O–H groups in total. The van der Waals surface area contributed by atoms with Crippen LogP contribution in [-0.2, 0) is 4.74 Å². The van der Waals surface area contributed by atoms with E-state index in [9.17, 15) is 0 Å². The van der Waals surface area contributed by atoms with Gasteiger partial charge in [-0.1, -0.05) is 46.0 Å². The van der Waals surface area contributed by atoms with Crippen molar-refractivity contribution in [3.63, 3.8) is 0 Å². The molecule has 1 rings (SSSR count). The van der Waals surface area contributed by atoms with Crippen LogP contribution in [0.15, 0.2) is 0 Å². The minimum absolute atomic E-state index is 0.520. The lowest BCUT2D eigenvalue weighted by Gasteiger charge is -2.27. The standard InChI is InChI=1S/C16H33NO/c1-3-5-7-11-16(10-4-2)18-15-14-17-12-8-6-9-13-17/h16H,3-15H2,1-2H3. The zero-order valence-electron chi connectivity index (χ0n) is 12.6. The van der Waals surface area contributed by atoms with Crippen LogP contribution in [0.25, 0.3) is 0 Å². The van der Waals surface area contributed by atoms with Crippen LogP contribution >= 0.6 is 0 Å². The maximum absolute atomic E-state index is 6.09. The Hall–Kier alpha value is -0.0800. The van der Waals surface area contributed by atoms with E-state index in [1.54, 1.807) is 0 Å². The molecule has 1 aliphatic heterocycles. The highest BCUT2D eigenvalue weighted by molar-refractivity contribution is 4.65. The molecule has 1 heterocycles. The first-order valence-corrected chi connectivity index (χ1v) is 8.20. The van der Waals surface area contributed by atoms with Crippen molar-refractivity contribution in [3.8, 4) is 0 Å². The molecule has 108 valence electrons. The van der Waals surface area contributed by atoms with Crippen LogP contribution in [0.5, 0.6) is 0 Å². The van der Waals surface area contributed by atoms with Crippen LogP contribution in [0.3, 0.4) is 0 Å². The summed E-state index contributed by atoms with van der Waals surface area (Å²) in [4.78, 5) is 2.57. The van der Waals surface area contributed by atoms with Gasteiger partial charge in [0.1, 0.15) is 0 Å². The molecule has 18 heavy (non-hydrogen) atoms. The highest BCUT2D eigenvalue weighted by Crippen LogP contribution is 2.13. The van der Waals surface area contributed by atoms with E-state index in [4.69, 9.17) is 4.74 Å². The van der Waals surface area contributed by atoms with E-state index < -0.39 is 0 Å². The maximum Gasteiger partial charge on any atom is 0.0597 e. The summed E-state index contributed by atoms with van der Waals surface area (Å²) in [5.41, 5.74) is 0. The van der Waals surface area contributed by atoms with Gasteiger partial charge < -0.3 is 9.64 Å². The topological polar surface area (TPSA) is 12.5 Å². The number of nitrogens with zero attached hydrogens (tertiary/aromatic N) is 1. The summed E-state index contributed by atoms with van der Waals surface area (Å²) < 4.78 is 6.09. The van der Waals surface area contributed by atoms with Crippen LogP contribution < -0.4 is 0 Å². The molecule has 2 nitrogen and oxygen atoms in total. The lowest BCUT2D eigenvalue weighted by molar-refractivity contribution is 0.0232. The summed E-state index contributed by atoms with van der Waals surface area (Å²) in [5, 5.41) is 0. The molecule has 0 radical (unpaired) electrons. The van der Waals surface area contributed by atoms with E-state index in [0.717, 1.165) is 13.2 Å². The minimum Gasteiger partial charge on any atom is -0.377 e. The Morgan fingerprint density at radius 2 is 1.72 bits per heavy atom. The van der Waals surface area contributed by atoms with Gasteiger partial charge in [0.2, 0.25) is 0 Å². The third-order valence-electron chi connectivity index (χ3n) is 3.95. The van der Waals surface area contributed by atoms with E-state index >= 15 is 0 Å². The fourth-order valence-corrected chi connectivity index (χ4v) is 2.79. The predicted molar refractivity (Wildman–Crippen MR) is 79.1 cm³/mol. The van der Waals surface area contributed by atoms with E-state index in [0.29, 0.717) is 6.10 Å². The molecule has 0 aromatic carbocycles. The van der Waals surface area contributed by atoms with Crippen LogP contribution in [0.4, 0.5) is 0 Å². The maximum atomic E-state index is 6.09. The molecule has 1 atom stereocenters. The summed E-state index contributed by atoms with van der Waals surface area (Å²) in [6.07, 6.45) is 12.5. The quantitative estimate of drug-likeness (QED) is 0.541. The highest BCUT2D eigenvalue weighted by Gasteiger charge is 2.11. The van der Waals surface area contributed by atoms with E-state index in [1.807, 2.05) is 0 Å². The van der Waals surface area contributed by atoms with Crippen molar-refractivity contribution in [1.29, 1.82) is 0 Å². The zero-order valence-corrected chi connectivity index (χ0v) is 12.6. The first kappa shape index (κ1) is 16.0. The normalized spacial score (nSPS) is 19.0. The number of rotatable bonds is 10. The number of ether oxygens (including phenoxy) is 1. The Kier molecular flexibility index (Phi) is 9.59. The Balaban J connectivity index is 2.07. The minimum atomic E-state index is 0.520. The number of likely N-dealkylation sites (tertiary alicyclic amines) is 1. The van der Waals surface area contributed by atoms with Crippen LogP contribution in [0.2, 0.25) is 0 Å². The third kappa shape index (κ3) is 7.38. The van der Waals surface area contributed by atoms with Gasteiger partial charge in [-0.3, -0.25) is 0 Å². The van der Waals surface area contributed by atoms with Gasteiger partial charge in [0.25, 0.3) is 0 Å². The van der Waals surface area contributed by atoms with E-state index in [-0.39, 0.29) is 0 Å². The van der Waals surface area contributed by atoms with E-state index in [1.165, 1.54) is 70.9 Å². The Bertz CT molecular complexity index is 178. The van der Waals surface area contributed by atoms with Gasteiger partial charge in [-0.15, -0.1) is 0 Å². The van der Waals surface area contributed by atoms with Crippen molar-refractivity contribution in [3.05, 3.63) is 0 Å². The van der Waals surface area contributed by atoms with Crippen molar-refractivity contribution in [1.82, 2.24) is 4.90 Å². The monoisotopic (exact) mass is 255 g/mol. The first-order valence-electron chi connectivity index (χ1n) is 8.20. The van der Waals surface area contributed by atoms with Gasteiger partial charge in [-0.05, 0) is 38.8 Å².